The molecule has 3 nitrogen and oxygen atoms in total. The fourth-order valence-electron chi connectivity index (χ4n) is 1.85. The summed E-state index contributed by atoms with van der Waals surface area (Å²) in [6.45, 7) is 8.48. The Morgan fingerprint density at radius 2 is 1.89 bits per heavy atom. The summed E-state index contributed by atoms with van der Waals surface area (Å²) in [6.07, 6.45) is 0. The molecule has 0 bridgehead atoms. The van der Waals surface area contributed by atoms with Gasteiger partial charge in [-0.25, -0.2) is 4.39 Å². The summed E-state index contributed by atoms with van der Waals surface area (Å²) >= 11 is 0. The third-order valence-electron chi connectivity index (χ3n) is 2.81. The van der Waals surface area contributed by atoms with Crippen molar-refractivity contribution in [1.82, 2.24) is 5.32 Å². The van der Waals surface area contributed by atoms with Gasteiger partial charge in [0, 0.05) is 6.61 Å². The van der Waals surface area contributed by atoms with Gasteiger partial charge in [0.2, 0.25) is 5.91 Å². The summed E-state index contributed by atoms with van der Waals surface area (Å²) < 4.78 is 18.1. The van der Waals surface area contributed by atoms with Crippen LogP contribution in [0.25, 0.3) is 0 Å². The molecule has 0 saturated heterocycles. The Balaban J connectivity index is 2.84. The molecule has 1 atom stereocenters. The lowest BCUT2D eigenvalue weighted by atomic mass is 9.82. The zero-order chi connectivity index (χ0) is 14.5. The minimum absolute atomic E-state index is 0.0459. The van der Waals surface area contributed by atoms with Gasteiger partial charge in [0.25, 0.3) is 0 Å². The molecular formula is C15H22FNO2. The predicted octanol–water partition coefficient (Wildman–Crippen LogP) is 3.07. The summed E-state index contributed by atoms with van der Waals surface area (Å²) in [5.74, 6) is -0.442. The number of benzene rings is 1. The number of hydrogen-bond acceptors (Lipinski definition) is 2. The topological polar surface area (TPSA) is 38.3 Å². The van der Waals surface area contributed by atoms with Gasteiger partial charge in [-0.1, -0.05) is 32.9 Å². The zero-order valence-corrected chi connectivity index (χ0v) is 12.0. The molecule has 1 aromatic carbocycles. The normalized spacial score (nSPS) is 13.1. The molecule has 0 radical (unpaired) electrons. The Bertz CT molecular complexity index is 409. The molecule has 1 aromatic rings. The number of carbonyl (C=O) groups excluding carboxylic acids is 1. The van der Waals surface area contributed by atoms with Crippen LogP contribution in [0.3, 0.4) is 0 Å². The molecule has 4 heteroatoms. The quantitative estimate of drug-likeness (QED) is 0.890. The Kier molecular flexibility index (Phi) is 5.48. The van der Waals surface area contributed by atoms with Gasteiger partial charge in [-0.3, -0.25) is 4.79 Å². The van der Waals surface area contributed by atoms with Crippen LogP contribution in [0.4, 0.5) is 4.39 Å². The molecule has 0 aliphatic rings. The van der Waals surface area contributed by atoms with E-state index in [0.717, 1.165) is 5.56 Å². The zero-order valence-electron chi connectivity index (χ0n) is 12.0. The van der Waals surface area contributed by atoms with Crippen LogP contribution in [0.15, 0.2) is 24.3 Å². The van der Waals surface area contributed by atoms with Crippen LogP contribution in [-0.2, 0) is 9.53 Å². The smallest absolute Gasteiger partial charge is 0.246 e. The molecule has 0 saturated carbocycles. The van der Waals surface area contributed by atoms with Gasteiger partial charge in [0.1, 0.15) is 12.4 Å². The van der Waals surface area contributed by atoms with Crippen molar-refractivity contribution in [2.75, 3.05) is 13.2 Å². The van der Waals surface area contributed by atoms with Crippen LogP contribution in [0, 0.1) is 11.2 Å². The molecule has 0 aliphatic heterocycles. The Morgan fingerprint density at radius 1 is 1.32 bits per heavy atom. The van der Waals surface area contributed by atoms with E-state index in [0.29, 0.717) is 6.61 Å². The maximum Gasteiger partial charge on any atom is 0.246 e. The second-order valence-corrected chi connectivity index (χ2v) is 5.56. The monoisotopic (exact) mass is 267 g/mol. The molecule has 19 heavy (non-hydrogen) atoms. The largest absolute Gasteiger partial charge is 0.372 e. The lowest BCUT2D eigenvalue weighted by molar-refractivity contribution is -0.127. The van der Waals surface area contributed by atoms with E-state index in [4.69, 9.17) is 4.74 Å². The molecule has 0 aliphatic carbocycles. The van der Waals surface area contributed by atoms with Crippen molar-refractivity contribution in [3.05, 3.63) is 35.6 Å². The molecule has 1 N–H and O–H groups in total. The van der Waals surface area contributed by atoms with Gasteiger partial charge in [0.15, 0.2) is 0 Å². The number of halogens is 1. The van der Waals surface area contributed by atoms with Crippen molar-refractivity contribution in [2.24, 2.45) is 5.41 Å². The van der Waals surface area contributed by atoms with Gasteiger partial charge < -0.3 is 10.1 Å². The summed E-state index contributed by atoms with van der Waals surface area (Å²) in [4.78, 5) is 11.8. The maximum atomic E-state index is 13.0. The highest BCUT2D eigenvalue weighted by atomic mass is 19.1. The van der Waals surface area contributed by atoms with Gasteiger partial charge in [-0.15, -0.1) is 0 Å². The van der Waals surface area contributed by atoms with Crippen molar-refractivity contribution in [1.29, 1.82) is 0 Å². The maximum absolute atomic E-state index is 13.0. The minimum atomic E-state index is -0.281. The van der Waals surface area contributed by atoms with Crippen molar-refractivity contribution < 1.29 is 13.9 Å². The number of hydrogen-bond donors (Lipinski definition) is 1. The van der Waals surface area contributed by atoms with E-state index in [2.05, 4.69) is 5.32 Å². The van der Waals surface area contributed by atoms with E-state index in [1.54, 1.807) is 12.1 Å². The third kappa shape index (κ3) is 4.99. The van der Waals surface area contributed by atoms with E-state index in [1.807, 2.05) is 27.7 Å². The van der Waals surface area contributed by atoms with E-state index >= 15 is 0 Å². The van der Waals surface area contributed by atoms with Crippen molar-refractivity contribution in [2.45, 2.75) is 33.7 Å². The minimum Gasteiger partial charge on any atom is -0.372 e. The standard InChI is InChI=1S/C15H22FNO2/c1-5-19-10-13(18)17-14(15(2,3)4)11-6-8-12(16)9-7-11/h6-9,14H,5,10H2,1-4H3,(H,17,18). The summed E-state index contributed by atoms with van der Waals surface area (Å²) in [7, 11) is 0. The van der Waals surface area contributed by atoms with Crippen LogP contribution < -0.4 is 5.32 Å². The highest BCUT2D eigenvalue weighted by Crippen LogP contribution is 2.32. The van der Waals surface area contributed by atoms with Crippen molar-refractivity contribution >= 4 is 5.91 Å². The fraction of sp³-hybridized carbons (Fsp3) is 0.533. The summed E-state index contributed by atoms with van der Waals surface area (Å²) in [5.41, 5.74) is 0.721. The number of nitrogens with one attached hydrogen (secondary N) is 1. The lowest BCUT2D eigenvalue weighted by Crippen LogP contribution is -2.38. The first-order valence-electron chi connectivity index (χ1n) is 6.47. The second kappa shape index (κ2) is 6.66. The molecule has 0 fully saturated rings. The third-order valence-corrected chi connectivity index (χ3v) is 2.81. The van der Waals surface area contributed by atoms with E-state index in [1.165, 1.54) is 12.1 Å². The molecule has 1 rings (SSSR count). The molecule has 1 amide bonds. The molecule has 1 unspecified atom stereocenters. The second-order valence-electron chi connectivity index (χ2n) is 5.56. The molecule has 0 heterocycles. The Labute approximate surface area is 114 Å². The highest BCUT2D eigenvalue weighted by molar-refractivity contribution is 5.77. The Hall–Kier alpha value is -1.42. The number of carbonyl (C=O) groups is 1. The van der Waals surface area contributed by atoms with Gasteiger partial charge in [-0.2, -0.15) is 0 Å². The number of amides is 1. The highest BCUT2D eigenvalue weighted by Gasteiger charge is 2.27. The average Bonchev–Trinajstić information content (AvgIpc) is 2.33. The molecule has 0 aromatic heterocycles. The summed E-state index contributed by atoms with van der Waals surface area (Å²) in [5, 5.41) is 2.94. The van der Waals surface area contributed by atoms with E-state index in [9.17, 15) is 9.18 Å². The first-order chi connectivity index (χ1) is 8.84. The van der Waals surface area contributed by atoms with Gasteiger partial charge in [-0.05, 0) is 30.0 Å². The SMILES string of the molecule is CCOCC(=O)NC(c1ccc(F)cc1)C(C)(C)C. The van der Waals surface area contributed by atoms with Crippen LogP contribution in [0.5, 0.6) is 0 Å². The van der Waals surface area contributed by atoms with Crippen LogP contribution in [0.2, 0.25) is 0 Å². The predicted molar refractivity (Wildman–Crippen MR) is 73.2 cm³/mol. The van der Waals surface area contributed by atoms with Crippen molar-refractivity contribution in [3.63, 3.8) is 0 Å². The van der Waals surface area contributed by atoms with Gasteiger partial charge >= 0.3 is 0 Å². The van der Waals surface area contributed by atoms with E-state index < -0.39 is 0 Å². The Morgan fingerprint density at radius 3 is 2.37 bits per heavy atom. The van der Waals surface area contributed by atoms with Crippen LogP contribution >= 0.6 is 0 Å². The molecule has 0 spiro atoms. The fourth-order valence-corrected chi connectivity index (χ4v) is 1.85. The van der Waals surface area contributed by atoms with Crippen LogP contribution in [0.1, 0.15) is 39.3 Å². The first-order valence-corrected chi connectivity index (χ1v) is 6.47. The molecular weight excluding hydrogens is 245 g/mol. The number of ether oxygens (including phenoxy) is 1. The lowest BCUT2D eigenvalue weighted by Gasteiger charge is -2.32. The van der Waals surface area contributed by atoms with Crippen LogP contribution in [-0.4, -0.2) is 19.1 Å². The van der Waals surface area contributed by atoms with Gasteiger partial charge in [0.05, 0.1) is 6.04 Å². The summed E-state index contributed by atoms with van der Waals surface area (Å²) in [6, 6.07) is 6.03. The average molecular weight is 267 g/mol. The van der Waals surface area contributed by atoms with E-state index in [-0.39, 0.29) is 29.8 Å². The molecule has 106 valence electrons. The van der Waals surface area contributed by atoms with Crippen molar-refractivity contribution in [3.8, 4) is 0 Å². The number of rotatable bonds is 5. The first kappa shape index (κ1) is 15.6.